The van der Waals surface area contributed by atoms with Gasteiger partial charge in [0.1, 0.15) is 18.4 Å². The molecule has 11 heteroatoms. The van der Waals surface area contributed by atoms with Crippen molar-refractivity contribution >= 4 is 27.5 Å². The Balaban J connectivity index is 1.60. The van der Waals surface area contributed by atoms with E-state index in [0.29, 0.717) is 17.0 Å². The van der Waals surface area contributed by atoms with E-state index in [4.69, 9.17) is 9.47 Å². The largest absolute Gasteiger partial charge is 0.493 e. The maximum Gasteiger partial charge on any atom is 0.264 e. The summed E-state index contributed by atoms with van der Waals surface area (Å²) in [5.41, 5.74) is 3.34. The molecule has 4 aromatic rings. The van der Waals surface area contributed by atoms with E-state index in [2.05, 4.69) is 5.32 Å². The Morgan fingerprint density at radius 1 is 0.824 bits per heavy atom. The maximum atomic E-state index is 14.8. The van der Waals surface area contributed by atoms with Gasteiger partial charge in [-0.25, -0.2) is 12.8 Å². The summed E-state index contributed by atoms with van der Waals surface area (Å²) in [6.07, 6.45) is 5.01. The molecule has 0 unspecified atom stereocenters. The number of amides is 2. The number of methoxy groups -OCH3 is 2. The van der Waals surface area contributed by atoms with E-state index >= 15 is 0 Å². The number of nitrogens with one attached hydrogen (secondary N) is 1. The Bertz CT molecular complexity index is 1890. The maximum absolute atomic E-state index is 14.8. The molecule has 2 amide bonds. The number of rotatable bonds is 14. The molecule has 1 atom stereocenters. The van der Waals surface area contributed by atoms with Crippen molar-refractivity contribution in [2.45, 2.75) is 75.9 Å². The normalized spacial score (nSPS) is 14.0. The average Bonchev–Trinajstić information content (AvgIpc) is 3.12. The van der Waals surface area contributed by atoms with Crippen molar-refractivity contribution in [1.29, 1.82) is 0 Å². The van der Waals surface area contributed by atoms with Gasteiger partial charge in [0.2, 0.25) is 11.8 Å². The van der Waals surface area contributed by atoms with Gasteiger partial charge in [0, 0.05) is 25.1 Å². The summed E-state index contributed by atoms with van der Waals surface area (Å²) in [4.78, 5) is 30.4. The second-order valence-electron chi connectivity index (χ2n) is 13.1. The van der Waals surface area contributed by atoms with Gasteiger partial charge in [-0.1, -0.05) is 67.8 Å². The molecule has 4 aromatic carbocycles. The molecule has 1 aliphatic rings. The van der Waals surface area contributed by atoms with Crippen LogP contribution in [0.25, 0.3) is 0 Å². The van der Waals surface area contributed by atoms with Crippen LogP contribution in [0.5, 0.6) is 11.5 Å². The predicted octanol–water partition coefficient (Wildman–Crippen LogP) is 6.74. The van der Waals surface area contributed by atoms with Crippen LogP contribution < -0.4 is 19.1 Å². The topological polar surface area (TPSA) is 105 Å². The first kappa shape index (κ1) is 37.4. The van der Waals surface area contributed by atoms with Crippen LogP contribution in [0.4, 0.5) is 10.1 Å². The fourth-order valence-corrected chi connectivity index (χ4v) is 8.03. The van der Waals surface area contributed by atoms with Crippen LogP contribution in [-0.4, -0.2) is 58.0 Å². The summed E-state index contributed by atoms with van der Waals surface area (Å²) in [5, 5.41) is 3.20. The fraction of sp³-hybridized carbons (Fsp3) is 0.350. The lowest BCUT2D eigenvalue weighted by Crippen LogP contribution is -2.55. The van der Waals surface area contributed by atoms with Crippen molar-refractivity contribution in [3.05, 3.63) is 119 Å². The molecule has 1 fully saturated rings. The Hall–Kier alpha value is -4.90. The summed E-state index contributed by atoms with van der Waals surface area (Å²) in [7, 11) is -1.51. The molecule has 1 N–H and O–H groups in total. The molecule has 1 aliphatic carbocycles. The fourth-order valence-electron chi connectivity index (χ4n) is 6.61. The zero-order valence-electron chi connectivity index (χ0n) is 29.6. The standard InChI is InChI=1S/C40H46FN3O6S/c1-28-21-29(2)23-34(22-28)44(51(47,48)35-19-20-37(49-3)38(25-35)50-4)27-39(45)43(26-31-15-17-32(41)18-16-31)36(24-30-11-7-5-8-12-30)40(46)42-33-13-9-6-10-14-33/h5,7-8,11-12,15-23,25,33,36H,6,9-10,13-14,24,26-27H2,1-4H3,(H,42,46)/t36-/m0/s1. The third-order valence-corrected chi connectivity index (χ3v) is 11.0. The predicted molar refractivity (Wildman–Crippen MR) is 196 cm³/mol. The molecular weight excluding hydrogens is 670 g/mol. The SMILES string of the molecule is COc1ccc(S(=O)(=O)N(CC(=O)N(Cc2ccc(F)cc2)[C@@H](Cc2ccccc2)C(=O)NC2CCCCC2)c2cc(C)cc(C)c2)cc1OC. The summed E-state index contributed by atoms with van der Waals surface area (Å²) in [5.74, 6) is -0.784. The van der Waals surface area contributed by atoms with Gasteiger partial charge in [-0.3, -0.25) is 13.9 Å². The van der Waals surface area contributed by atoms with Crippen molar-refractivity contribution in [3.63, 3.8) is 0 Å². The van der Waals surface area contributed by atoms with E-state index in [1.807, 2.05) is 50.2 Å². The van der Waals surface area contributed by atoms with Crippen molar-refractivity contribution < 1.29 is 31.9 Å². The lowest BCUT2D eigenvalue weighted by molar-refractivity contribution is -0.140. The molecule has 0 heterocycles. The number of ether oxygens (including phenoxy) is 2. The van der Waals surface area contributed by atoms with Gasteiger partial charge in [-0.2, -0.15) is 0 Å². The van der Waals surface area contributed by atoms with Crippen molar-refractivity contribution in [1.82, 2.24) is 10.2 Å². The monoisotopic (exact) mass is 715 g/mol. The highest BCUT2D eigenvalue weighted by Crippen LogP contribution is 2.33. The molecule has 5 rings (SSSR count). The Morgan fingerprint density at radius 2 is 1.47 bits per heavy atom. The third kappa shape index (κ3) is 9.46. The molecule has 0 bridgehead atoms. The average molecular weight is 716 g/mol. The minimum atomic E-state index is -4.38. The van der Waals surface area contributed by atoms with Crippen molar-refractivity contribution in [2.75, 3.05) is 25.1 Å². The number of anilines is 1. The van der Waals surface area contributed by atoms with Crippen molar-refractivity contribution in [2.24, 2.45) is 0 Å². The number of aryl methyl sites for hydroxylation is 2. The summed E-state index contributed by atoms with van der Waals surface area (Å²) >= 11 is 0. The third-order valence-electron chi connectivity index (χ3n) is 9.21. The second kappa shape index (κ2) is 16.9. The first-order chi connectivity index (χ1) is 24.5. The number of carbonyl (C=O) groups excluding carboxylic acids is 2. The number of hydrogen-bond donors (Lipinski definition) is 1. The van der Waals surface area contributed by atoms with E-state index < -0.39 is 34.3 Å². The lowest BCUT2D eigenvalue weighted by Gasteiger charge is -2.35. The molecule has 0 aromatic heterocycles. The van der Waals surface area contributed by atoms with E-state index in [1.165, 1.54) is 49.5 Å². The van der Waals surface area contributed by atoms with Gasteiger partial charge >= 0.3 is 0 Å². The van der Waals surface area contributed by atoms with E-state index in [1.54, 1.807) is 24.3 Å². The number of benzene rings is 4. The molecule has 51 heavy (non-hydrogen) atoms. The Kier molecular flexibility index (Phi) is 12.4. The van der Waals surface area contributed by atoms with E-state index in [9.17, 15) is 22.4 Å². The first-order valence-corrected chi connectivity index (χ1v) is 18.6. The van der Waals surface area contributed by atoms with E-state index in [0.717, 1.165) is 53.1 Å². The summed E-state index contributed by atoms with van der Waals surface area (Å²) in [6.45, 7) is 3.05. The lowest BCUT2D eigenvalue weighted by atomic mass is 9.94. The van der Waals surface area contributed by atoms with Gasteiger partial charge in [0.05, 0.1) is 24.8 Å². The van der Waals surface area contributed by atoms with Gasteiger partial charge in [0.25, 0.3) is 10.0 Å². The molecule has 9 nitrogen and oxygen atoms in total. The quantitative estimate of drug-likeness (QED) is 0.155. The van der Waals surface area contributed by atoms with Gasteiger partial charge in [-0.05, 0) is 85.3 Å². The Labute approximate surface area is 300 Å². The summed E-state index contributed by atoms with van der Waals surface area (Å²) < 4.78 is 55.0. The number of halogens is 1. The second-order valence-corrected chi connectivity index (χ2v) is 14.9. The van der Waals surface area contributed by atoms with Crippen LogP contribution in [0.1, 0.15) is 54.4 Å². The minimum absolute atomic E-state index is 0.0236. The molecular formula is C40H46FN3O6S. The highest BCUT2D eigenvalue weighted by atomic mass is 32.2. The molecule has 0 saturated heterocycles. The highest BCUT2D eigenvalue weighted by molar-refractivity contribution is 7.92. The van der Waals surface area contributed by atoms with Crippen LogP contribution >= 0.6 is 0 Å². The smallest absolute Gasteiger partial charge is 0.264 e. The number of sulfonamides is 1. The van der Waals surface area contributed by atoms with Crippen LogP contribution in [0.2, 0.25) is 0 Å². The zero-order valence-corrected chi connectivity index (χ0v) is 30.4. The van der Waals surface area contributed by atoms with Crippen LogP contribution in [0, 0.1) is 19.7 Å². The molecule has 0 radical (unpaired) electrons. The van der Waals surface area contributed by atoms with Gasteiger partial charge in [0.15, 0.2) is 11.5 Å². The van der Waals surface area contributed by atoms with Crippen LogP contribution in [-0.2, 0) is 32.6 Å². The van der Waals surface area contributed by atoms with Crippen molar-refractivity contribution in [3.8, 4) is 11.5 Å². The van der Waals surface area contributed by atoms with Gasteiger partial charge in [-0.15, -0.1) is 0 Å². The molecule has 1 saturated carbocycles. The number of hydrogen-bond acceptors (Lipinski definition) is 6. The van der Waals surface area contributed by atoms with Gasteiger partial charge < -0.3 is 19.7 Å². The zero-order chi connectivity index (χ0) is 36.5. The number of carbonyl (C=O) groups is 2. The highest BCUT2D eigenvalue weighted by Gasteiger charge is 2.36. The van der Waals surface area contributed by atoms with Crippen LogP contribution in [0.15, 0.2) is 95.9 Å². The van der Waals surface area contributed by atoms with E-state index in [-0.39, 0.29) is 35.6 Å². The minimum Gasteiger partial charge on any atom is -0.493 e. The summed E-state index contributed by atoms with van der Waals surface area (Å²) in [6, 6.07) is 23.7. The molecule has 0 aliphatic heterocycles. The number of nitrogens with zero attached hydrogens (tertiary/aromatic N) is 2. The Morgan fingerprint density at radius 3 is 2.10 bits per heavy atom. The van der Waals surface area contributed by atoms with Crippen LogP contribution in [0.3, 0.4) is 0 Å². The molecule has 270 valence electrons. The molecule has 0 spiro atoms. The first-order valence-electron chi connectivity index (χ1n) is 17.2.